The molecule has 3 aliphatic rings. The highest BCUT2D eigenvalue weighted by molar-refractivity contribution is 6.00. The van der Waals surface area contributed by atoms with Crippen LogP contribution < -0.4 is 4.74 Å². The van der Waals surface area contributed by atoms with Crippen molar-refractivity contribution in [1.82, 2.24) is 14.9 Å². The topological polar surface area (TPSA) is 130 Å². The van der Waals surface area contributed by atoms with E-state index in [2.05, 4.69) is 15.0 Å². The monoisotopic (exact) mass is 554 g/mol. The lowest BCUT2D eigenvalue weighted by atomic mass is 9.96. The van der Waals surface area contributed by atoms with Crippen LogP contribution in [0.25, 0.3) is 27.9 Å². The summed E-state index contributed by atoms with van der Waals surface area (Å²) in [5.74, 6) is -1.55. The highest BCUT2D eigenvalue weighted by Crippen LogP contribution is 2.35. The van der Waals surface area contributed by atoms with Crippen LogP contribution in [0.15, 0.2) is 35.3 Å². The Bertz CT molecular complexity index is 1500. The van der Waals surface area contributed by atoms with Gasteiger partial charge in [0.1, 0.15) is 42.1 Å². The Morgan fingerprint density at radius 1 is 1.25 bits per heavy atom. The second-order valence-corrected chi connectivity index (χ2v) is 9.96. The number of rotatable bonds is 6. The first-order chi connectivity index (χ1) is 19.4. The maximum Gasteiger partial charge on any atom is 0.248 e. The third-order valence-electron chi connectivity index (χ3n) is 7.52. The van der Waals surface area contributed by atoms with Gasteiger partial charge in [-0.1, -0.05) is 6.08 Å². The Balaban J connectivity index is 1.30. The van der Waals surface area contributed by atoms with Crippen molar-refractivity contribution in [2.75, 3.05) is 40.0 Å². The summed E-state index contributed by atoms with van der Waals surface area (Å²) in [4.78, 5) is 25.0. The Kier molecular flexibility index (Phi) is 7.09. The minimum atomic E-state index is -0.764. The number of benzene rings is 1. The minimum absolute atomic E-state index is 0.106. The molecule has 4 atom stereocenters. The number of carbonyl (C=O) groups is 1. The van der Waals surface area contributed by atoms with Gasteiger partial charge in [0.2, 0.25) is 11.8 Å². The van der Waals surface area contributed by atoms with E-state index >= 15 is 8.78 Å². The molecule has 3 N–H and O–H groups in total. The molecule has 5 heterocycles. The summed E-state index contributed by atoms with van der Waals surface area (Å²) in [6.45, 7) is 0.449. The van der Waals surface area contributed by atoms with Crippen molar-refractivity contribution in [3.8, 4) is 17.1 Å². The molecule has 2 aromatic heterocycles. The van der Waals surface area contributed by atoms with Crippen molar-refractivity contribution >= 4 is 28.7 Å². The zero-order valence-corrected chi connectivity index (χ0v) is 21.6. The van der Waals surface area contributed by atoms with Crippen molar-refractivity contribution in [2.24, 2.45) is 4.99 Å². The summed E-state index contributed by atoms with van der Waals surface area (Å²) < 4.78 is 48.2. The minimum Gasteiger partial charge on any atom is -0.470 e. The van der Waals surface area contributed by atoms with Crippen LogP contribution in [-0.2, 0) is 14.3 Å². The number of ether oxygens (including phenoxy) is 3. The normalized spacial score (nSPS) is 24.6. The van der Waals surface area contributed by atoms with Crippen LogP contribution in [0.4, 0.5) is 8.78 Å². The van der Waals surface area contributed by atoms with Crippen LogP contribution in [-0.4, -0.2) is 102 Å². The lowest BCUT2D eigenvalue weighted by molar-refractivity contribution is -0.133. The number of aliphatic imine (C=N–C) groups is 1. The average Bonchev–Trinajstić information content (AvgIpc) is 3.63. The maximum absolute atomic E-state index is 15.4. The van der Waals surface area contributed by atoms with Gasteiger partial charge in [-0.3, -0.25) is 9.79 Å². The van der Waals surface area contributed by atoms with Crippen molar-refractivity contribution in [3.05, 3.63) is 53.1 Å². The van der Waals surface area contributed by atoms with E-state index in [1.807, 2.05) is 0 Å². The van der Waals surface area contributed by atoms with E-state index in [1.165, 1.54) is 23.1 Å². The summed E-state index contributed by atoms with van der Waals surface area (Å²) in [6, 6.07) is 5.74. The molecule has 2 fully saturated rings. The smallest absolute Gasteiger partial charge is 0.248 e. The van der Waals surface area contributed by atoms with Gasteiger partial charge in [0.05, 0.1) is 35.6 Å². The molecule has 0 bridgehead atoms. The van der Waals surface area contributed by atoms with Crippen LogP contribution in [0.1, 0.15) is 17.5 Å². The number of aliphatic hydroxyl groups is 2. The summed E-state index contributed by atoms with van der Waals surface area (Å²) >= 11 is 0. The highest BCUT2D eigenvalue weighted by Gasteiger charge is 2.48. The van der Waals surface area contributed by atoms with Gasteiger partial charge < -0.3 is 34.3 Å². The molecule has 1 amide bonds. The van der Waals surface area contributed by atoms with E-state index in [0.29, 0.717) is 41.0 Å². The number of aromatic nitrogens is 2. The van der Waals surface area contributed by atoms with Gasteiger partial charge in [-0.25, -0.2) is 13.8 Å². The maximum atomic E-state index is 15.4. The molecule has 40 heavy (non-hydrogen) atoms. The fourth-order valence-corrected chi connectivity index (χ4v) is 5.50. The Morgan fingerprint density at radius 2 is 2.02 bits per heavy atom. The fourth-order valence-electron chi connectivity index (χ4n) is 5.50. The number of amides is 1. The fraction of sp³-hybridized carbons (Fsp3) is 0.393. The zero-order chi connectivity index (χ0) is 28.0. The van der Waals surface area contributed by atoms with E-state index < -0.39 is 42.7 Å². The highest BCUT2D eigenvalue weighted by atomic mass is 19.1. The number of aliphatic hydroxyl groups excluding tert-OH is 2. The number of hydrogen-bond acceptors (Lipinski definition) is 8. The summed E-state index contributed by atoms with van der Waals surface area (Å²) in [5.41, 5.74) is 2.48. The Hall–Kier alpha value is -3.71. The second kappa shape index (κ2) is 10.7. The number of aromatic amines is 1. The van der Waals surface area contributed by atoms with Crippen LogP contribution in [0.3, 0.4) is 0 Å². The number of H-pyrrole nitrogens is 1. The summed E-state index contributed by atoms with van der Waals surface area (Å²) in [7, 11) is 1.59. The molecule has 1 aromatic carbocycles. The average molecular weight is 555 g/mol. The predicted molar refractivity (Wildman–Crippen MR) is 141 cm³/mol. The second-order valence-electron chi connectivity index (χ2n) is 9.96. The predicted octanol–water partition coefficient (Wildman–Crippen LogP) is 2.07. The van der Waals surface area contributed by atoms with Crippen molar-refractivity contribution in [2.45, 2.75) is 30.8 Å². The number of halogens is 2. The number of nitrogens with zero attached hydrogens (tertiary/aromatic N) is 3. The van der Waals surface area contributed by atoms with E-state index in [1.54, 1.807) is 25.4 Å². The molecule has 3 aliphatic heterocycles. The lowest BCUT2D eigenvalue weighted by Gasteiger charge is -2.26. The Morgan fingerprint density at radius 3 is 2.73 bits per heavy atom. The molecule has 0 aliphatic carbocycles. The SMILES string of the molecule is C/N=C/c1c(O[C@@H]2CO[C@H]3[C@@H]2OC[C@H]3O)[nH]c2ccc(-c3c(F)cc(C4=CCN(C(=O)CO)CC4)cc3F)nc12. The quantitative estimate of drug-likeness (QED) is 0.398. The Labute approximate surface area is 227 Å². The van der Waals surface area contributed by atoms with Gasteiger partial charge >= 0.3 is 0 Å². The molecule has 2 saturated heterocycles. The van der Waals surface area contributed by atoms with E-state index in [9.17, 15) is 9.90 Å². The third kappa shape index (κ3) is 4.66. The van der Waals surface area contributed by atoms with Crippen LogP contribution in [0, 0.1) is 11.6 Å². The number of hydrogen-bond donors (Lipinski definition) is 3. The van der Waals surface area contributed by atoms with Gasteiger partial charge in [0, 0.05) is 26.4 Å². The molecule has 12 heteroatoms. The molecule has 0 unspecified atom stereocenters. The standard InChI is InChI=1S/C28H28F2N4O6/c1-31-10-16-25-20(33-28(16)40-22-13-39-26-21(36)12-38-27(22)26)3-2-19(32-25)24-17(29)8-15(9-18(24)30)14-4-6-34(7-5-14)23(37)11-35/h2-4,8-10,21-22,26-27,33,35-36H,5-7,11-13H2,1H3/b31-10+/t21-,22-,26-,27-/m1/s1. The number of nitrogens with one attached hydrogen (secondary N) is 1. The first-order valence-electron chi connectivity index (χ1n) is 13.0. The largest absolute Gasteiger partial charge is 0.470 e. The first-order valence-corrected chi connectivity index (χ1v) is 13.0. The number of fused-ring (bicyclic) bond motifs is 2. The van der Waals surface area contributed by atoms with Crippen LogP contribution in [0.2, 0.25) is 0 Å². The number of carbonyl (C=O) groups excluding carboxylic acids is 1. The van der Waals surface area contributed by atoms with Gasteiger partial charge in [0.15, 0.2) is 6.10 Å². The van der Waals surface area contributed by atoms with Gasteiger partial charge in [0.25, 0.3) is 0 Å². The van der Waals surface area contributed by atoms with E-state index in [0.717, 1.165) is 5.57 Å². The summed E-state index contributed by atoms with van der Waals surface area (Å²) in [6.07, 6.45) is 1.65. The zero-order valence-electron chi connectivity index (χ0n) is 21.6. The lowest BCUT2D eigenvalue weighted by Crippen LogP contribution is -2.36. The van der Waals surface area contributed by atoms with Crippen molar-refractivity contribution in [3.63, 3.8) is 0 Å². The molecule has 10 nitrogen and oxygen atoms in total. The molecular formula is C28H28F2N4O6. The van der Waals surface area contributed by atoms with Crippen molar-refractivity contribution < 1.29 is 38.0 Å². The molecule has 0 saturated carbocycles. The summed E-state index contributed by atoms with van der Waals surface area (Å²) in [5, 5.41) is 19.1. The molecule has 3 aromatic rings. The molecular weight excluding hydrogens is 526 g/mol. The van der Waals surface area contributed by atoms with Gasteiger partial charge in [-0.05, 0) is 41.8 Å². The molecule has 0 radical (unpaired) electrons. The van der Waals surface area contributed by atoms with Crippen molar-refractivity contribution in [1.29, 1.82) is 0 Å². The molecule has 210 valence electrons. The first kappa shape index (κ1) is 26.5. The van der Waals surface area contributed by atoms with Gasteiger partial charge in [-0.2, -0.15) is 0 Å². The van der Waals surface area contributed by atoms with Crippen LogP contribution in [0.5, 0.6) is 5.88 Å². The van der Waals surface area contributed by atoms with E-state index in [-0.39, 0.29) is 36.9 Å². The molecule has 6 rings (SSSR count). The van der Waals surface area contributed by atoms with Crippen LogP contribution >= 0.6 is 0 Å². The number of pyridine rings is 1. The van der Waals surface area contributed by atoms with E-state index in [4.69, 9.17) is 19.3 Å². The van der Waals surface area contributed by atoms with Gasteiger partial charge in [-0.15, -0.1) is 0 Å². The molecule has 0 spiro atoms. The third-order valence-corrected chi connectivity index (χ3v) is 7.52.